The van der Waals surface area contributed by atoms with Crippen LogP contribution in [-0.4, -0.2) is 42.3 Å². The average Bonchev–Trinajstić information content (AvgIpc) is 2.92. The summed E-state index contributed by atoms with van der Waals surface area (Å²) >= 11 is 0. The van der Waals surface area contributed by atoms with Crippen LogP contribution in [0.25, 0.3) is 0 Å². The molecule has 0 bridgehead atoms. The van der Waals surface area contributed by atoms with Gasteiger partial charge in [-0.25, -0.2) is 4.79 Å². The Morgan fingerprint density at radius 2 is 1.88 bits per heavy atom. The number of benzene rings is 1. The Labute approximate surface area is 143 Å². The second-order valence-electron chi connectivity index (χ2n) is 7.32. The number of nitrogens with zero attached hydrogens (tertiary/aromatic N) is 1. The number of esters is 1. The fourth-order valence-electron chi connectivity index (χ4n) is 3.01. The van der Waals surface area contributed by atoms with Gasteiger partial charge in [0.25, 0.3) is 0 Å². The highest BCUT2D eigenvalue weighted by molar-refractivity contribution is 5.80. The molecule has 24 heavy (non-hydrogen) atoms. The molecule has 132 valence electrons. The molecule has 0 saturated carbocycles. The number of hydrogen-bond acceptors (Lipinski definition) is 4. The van der Waals surface area contributed by atoms with Gasteiger partial charge in [0.15, 0.2) is 0 Å². The molecule has 1 aromatic carbocycles. The summed E-state index contributed by atoms with van der Waals surface area (Å²) in [4.78, 5) is 26.6. The van der Waals surface area contributed by atoms with E-state index in [1.807, 2.05) is 51.1 Å². The van der Waals surface area contributed by atoms with E-state index in [0.29, 0.717) is 32.5 Å². The van der Waals surface area contributed by atoms with E-state index in [1.54, 1.807) is 11.8 Å². The molecular weight excluding hydrogens is 306 g/mol. The number of carbonyl (C=O) groups excluding carboxylic acids is 2. The first kappa shape index (κ1) is 18.3. The van der Waals surface area contributed by atoms with Crippen molar-refractivity contribution in [3.63, 3.8) is 0 Å². The zero-order valence-electron chi connectivity index (χ0n) is 15.0. The molecule has 1 amide bonds. The van der Waals surface area contributed by atoms with E-state index in [4.69, 9.17) is 9.47 Å². The fraction of sp³-hybridized carbons (Fsp3) is 0.579. The van der Waals surface area contributed by atoms with Crippen LogP contribution in [-0.2, 0) is 20.7 Å². The molecule has 0 aromatic heterocycles. The van der Waals surface area contributed by atoms with Gasteiger partial charge in [-0.05, 0) is 46.1 Å². The number of rotatable bonds is 4. The first-order valence-corrected chi connectivity index (χ1v) is 8.45. The summed E-state index contributed by atoms with van der Waals surface area (Å²) in [6.45, 7) is 8.48. The van der Waals surface area contributed by atoms with Crippen LogP contribution in [0.1, 0.15) is 39.7 Å². The van der Waals surface area contributed by atoms with Crippen LogP contribution >= 0.6 is 0 Å². The number of ether oxygens (including phenoxy) is 2. The second-order valence-corrected chi connectivity index (χ2v) is 7.32. The molecule has 1 aliphatic heterocycles. The molecule has 0 aliphatic carbocycles. The predicted molar refractivity (Wildman–Crippen MR) is 91.6 cm³/mol. The minimum absolute atomic E-state index is 0.236. The van der Waals surface area contributed by atoms with Gasteiger partial charge in [-0.1, -0.05) is 30.3 Å². The number of amides is 1. The van der Waals surface area contributed by atoms with Gasteiger partial charge in [0.2, 0.25) is 0 Å². The third-order valence-electron chi connectivity index (χ3n) is 4.10. The zero-order chi connectivity index (χ0) is 17.8. The molecule has 1 heterocycles. The van der Waals surface area contributed by atoms with Crippen LogP contribution < -0.4 is 0 Å². The lowest BCUT2D eigenvalue weighted by molar-refractivity contribution is -0.154. The summed E-state index contributed by atoms with van der Waals surface area (Å²) in [5.74, 6) is -0.236. The number of likely N-dealkylation sites (tertiary alicyclic amines) is 1. The summed E-state index contributed by atoms with van der Waals surface area (Å²) in [5.41, 5.74) is -0.184. The topological polar surface area (TPSA) is 55.8 Å². The van der Waals surface area contributed by atoms with E-state index in [9.17, 15) is 9.59 Å². The van der Waals surface area contributed by atoms with Crippen LogP contribution in [0.5, 0.6) is 0 Å². The summed E-state index contributed by atoms with van der Waals surface area (Å²) in [7, 11) is 0. The van der Waals surface area contributed by atoms with Crippen molar-refractivity contribution in [1.82, 2.24) is 4.90 Å². The van der Waals surface area contributed by atoms with Gasteiger partial charge >= 0.3 is 12.1 Å². The van der Waals surface area contributed by atoms with Crippen LogP contribution in [0.2, 0.25) is 0 Å². The second kappa shape index (κ2) is 7.24. The predicted octanol–water partition coefficient (Wildman–Crippen LogP) is 3.42. The van der Waals surface area contributed by atoms with Gasteiger partial charge in [0.1, 0.15) is 5.60 Å². The Morgan fingerprint density at radius 3 is 2.46 bits per heavy atom. The highest BCUT2D eigenvalue weighted by Gasteiger charge is 2.48. The normalized spacial score (nSPS) is 20.8. The van der Waals surface area contributed by atoms with Crippen LogP contribution in [0, 0.1) is 5.41 Å². The molecule has 0 N–H and O–H groups in total. The van der Waals surface area contributed by atoms with Crippen molar-refractivity contribution in [3.8, 4) is 0 Å². The van der Waals surface area contributed by atoms with Crippen molar-refractivity contribution in [2.24, 2.45) is 5.41 Å². The summed E-state index contributed by atoms with van der Waals surface area (Å²) < 4.78 is 10.8. The maximum absolute atomic E-state index is 12.6. The van der Waals surface area contributed by atoms with Gasteiger partial charge in [0.05, 0.1) is 12.0 Å². The Balaban J connectivity index is 2.17. The quantitative estimate of drug-likeness (QED) is 0.792. The van der Waals surface area contributed by atoms with E-state index in [2.05, 4.69) is 0 Å². The first-order valence-electron chi connectivity index (χ1n) is 8.45. The molecule has 0 radical (unpaired) electrons. The molecular formula is C19H27NO4. The minimum Gasteiger partial charge on any atom is -0.466 e. The van der Waals surface area contributed by atoms with E-state index < -0.39 is 11.0 Å². The van der Waals surface area contributed by atoms with Crippen LogP contribution in [0.3, 0.4) is 0 Å². The molecule has 0 spiro atoms. The Kier molecular flexibility index (Phi) is 5.52. The monoisotopic (exact) mass is 333 g/mol. The van der Waals surface area contributed by atoms with Gasteiger partial charge in [-0.2, -0.15) is 0 Å². The van der Waals surface area contributed by atoms with Crippen molar-refractivity contribution < 1.29 is 19.1 Å². The van der Waals surface area contributed by atoms with Crippen LogP contribution in [0.15, 0.2) is 30.3 Å². The van der Waals surface area contributed by atoms with Crippen molar-refractivity contribution in [1.29, 1.82) is 0 Å². The smallest absolute Gasteiger partial charge is 0.410 e. The van der Waals surface area contributed by atoms with Crippen molar-refractivity contribution in [2.45, 2.75) is 46.1 Å². The average molecular weight is 333 g/mol. The van der Waals surface area contributed by atoms with Crippen molar-refractivity contribution in [3.05, 3.63) is 35.9 Å². The molecule has 2 rings (SSSR count). The lowest BCUT2D eigenvalue weighted by atomic mass is 9.81. The third kappa shape index (κ3) is 4.49. The van der Waals surface area contributed by atoms with E-state index in [1.165, 1.54) is 0 Å². The highest BCUT2D eigenvalue weighted by Crippen LogP contribution is 2.36. The lowest BCUT2D eigenvalue weighted by Gasteiger charge is -2.28. The highest BCUT2D eigenvalue weighted by atomic mass is 16.6. The maximum Gasteiger partial charge on any atom is 0.410 e. The summed E-state index contributed by atoms with van der Waals surface area (Å²) in [5, 5.41) is 0. The molecule has 1 aliphatic rings. The molecule has 1 aromatic rings. The van der Waals surface area contributed by atoms with Crippen LogP contribution in [0.4, 0.5) is 4.79 Å². The molecule has 1 fully saturated rings. The lowest BCUT2D eigenvalue weighted by Crippen LogP contribution is -2.41. The van der Waals surface area contributed by atoms with E-state index in [-0.39, 0.29) is 12.1 Å². The Hall–Kier alpha value is -2.04. The Morgan fingerprint density at radius 1 is 1.21 bits per heavy atom. The van der Waals surface area contributed by atoms with Gasteiger partial charge in [0, 0.05) is 13.1 Å². The maximum atomic E-state index is 12.6. The van der Waals surface area contributed by atoms with E-state index in [0.717, 1.165) is 5.56 Å². The number of carbonyl (C=O) groups is 2. The number of hydrogen-bond donors (Lipinski definition) is 0. The molecule has 1 saturated heterocycles. The SMILES string of the molecule is CCOC(=O)C1(Cc2ccccc2)CCN(C(=O)OC(C)(C)C)C1. The first-order chi connectivity index (χ1) is 11.3. The van der Waals surface area contributed by atoms with E-state index >= 15 is 0 Å². The van der Waals surface area contributed by atoms with Crippen molar-refractivity contribution >= 4 is 12.1 Å². The third-order valence-corrected chi connectivity index (χ3v) is 4.10. The fourth-order valence-corrected chi connectivity index (χ4v) is 3.01. The Bertz CT molecular complexity index is 579. The summed E-state index contributed by atoms with van der Waals surface area (Å²) in [6.07, 6.45) is 0.771. The molecule has 5 heteroatoms. The zero-order valence-corrected chi connectivity index (χ0v) is 15.0. The minimum atomic E-state index is -0.700. The van der Waals surface area contributed by atoms with Gasteiger partial charge in [-0.3, -0.25) is 4.79 Å². The summed E-state index contributed by atoms with van der Waals surface area (Å²) in [6, 6.07) is 9.85. The molecule has 1 unspecified atom stereocenters. The largest absolute Gasteiger partial charge is 0.466 e. The van der Waals surface area contributed by atoms with Gasteiger partial charge in [-0.15, -0.1) is 0 Å². The van der Waals surface area contributed by atoms with Gasteiger partial charge < -0.3 is 14.4 Å². The standard InChI is InChI=1S/C19H27NO4/c1-5-23-16(21)19(13-15-9-7-6-8-10-15)11-12-20(14-19)17(22)24-18(2,3)4/h6-10H,5,11-14H2,1-4H3. The van der Waals surface area contributed by atoms with Crippen molar-refractivity contribution in [2.75, 3.05) is 19.7 Å². The molecule has 1 atom stereocenters. The molecule has 5 nitrogen and oxygen atoms in total.